The summed E-state index contributed by atoms with van der Waals surface area (Å²) in [6.07, 6.45) is 1.76. The number of hydrogen-bond acceptors (Lipinski definition) is 4. The van der Waals surface area contributed by atoms with Crippen molar-refractivity contribution in [3.8, 4) is 0 Å². The molecule has 3 aromatic rings. The number of benzene rings is 1. The summed E-state index contributed by atoms with van der Waals surface area (Å²) in [7, 11) is 3.72. The molecule has 6 nitrogen and oxygen atoms in total. The maximum Gasteiger partial charge on any atom is 0.322 e. The van der Waals surface area contributed by atoms with Crippen LogP contribution in [0.5, 0.6) is 0 Å². The summed E-state index contributed by atoms with van der Waals surface area (Å²) in [4.78, 5) is 24.2. The molecule has 1 atom stereocenters. The van der Waals surface area contributed by atoms with Crippen LogP contribution in [0.4, 0.5) is 10.5 Å². The van der Waals surface area contributed by atoms with Crippen molar-refractivity contribution in [2.75, 3.05) is 12.4 Å². The third-order valence-corrected chi connectivity index (χ3v) is 5.12. The second kappa shape index (κ2) is 6.24. The molecular weight excluding hydrogens is 322 g/mol. The van der Waals surface area contributed by atoms with E-state index in [1.54, 1.807) is 29.6 Å². The van der Waals surface area contributed by atoms with E-state index < -0.39 is 0 Å². The zero-order valence-corrected chi connectivity index (χ0v) is 15.3. The van der Waals surface area contributed by atoms with Gasteiger partial charge in [-0.3, -0.25) is 0 Å². The maximum atomic E-state index is 12.6. The Bertz CT molecular complexity index is 898. The molecule has 0 spiro atoms. The number of rotatable bonds is 3. The first-order valence-electron chi connectivity index (χ1n) is 7.75. The molecule has 0 aliphatic carbocycles. The van der Waals surface area contributed by atoms with Crippen LogP contribution in [0.1, 0.15) is 28.5 Å². The van der Waals surface area contributed by atoms with Gasteiger partial charge in [0.25, 0.3) is 0 Å². The Hall–Kier alpha value is -2.41. The fourth-order valence-corrected chi connectivity index (χ4v) is 3.62. The average molecular weight is 343 g/mol. The van der Waals surface area contributed by atoms with E-state index in [0.29, 0.717) is 0 Å². The van der Waals surface area contributed by atoms with Crippen LogP contribution in [0.25, 0.3) is 11.0 Å². The molecule has 0 aliphatic heterocycles. The zero-order chi connectivity index (χ0) is 17.4. The van der Waals surface area contributed by atoms with E-state index in [2.05, 4.69) is 15.3 Å². The predicted octanol–water partition coefficient (Wildman–Crippen LogP) is 3.87. The number of aromatic nitrogens is 3. The molecule has 0 saturated heterocycles. The van der Waals surface area contributed by atoms with Crippen LogP contribution in [-0.2, 0) is 7.05 Å². The van der Waals surface area contributed by atoms with Crippen molar-refractivity contribution in [1.82, 2.24) is 19.4 Å². The maximum absolute atomic E-state index is 12.6. The molecule has 0 radical (unpaired) electrons. The van der Waals surface area contributed by atoms with E-state index >= 15 is 0 Å². The predicted molar refractivity (Wildman–Crippen MR) is 97.5 cm³/mol. The van der Waals surface area contributed by atoms with Gasteiger partial charge >= 0.3 is 6.03 Å². The van der Waals surface area contributed by atoms with Gasteiger partial charge in [-0.25, -0.2) is 14.8 Å². The monoisotopic (exact) mass is 343 g/mol. The van der Waals surface area contributed by atoms with Gasteiger partial charge in [-0.15, -0.1) is 11.3 Å². The largest absolute Gasteiger partial charge is 0.334 e. The van der Waals surface area contributed by atoms with Gasteiger partial charge in [-0.05, 0) is 39.0 Å². The van der Waals surface area contributed by atoms with Crippen LogP contribution >= 0.6 is 11.3 Å². The smallest absolute Gasteiger partial charge is 0.322 e. The van der Waals surface area contributed by atoms with Gasteiger partial charge in [-0.2, -0.15) is 0 Å². The molecule has 7 heteroatoms. The van der Waals surface area contributed by atoms with E-state index in [1.807, 2.05) is 50.6 Å². The second-order valence-electron chi connectivity index (χ2n) is 5.95. The number of thiazole rings is 1. The molecule has 126 valence electrons. The standard InChI is InChI=1S/C17H21N5OS/c1-10(16-11(2)24-12(3)19-16)22(5)17(23)20-13-6-7-14-15(8-13)21(4)9-18-14/h6-10H,1-5H3,(H,20,23). The van der Waals surface area contributed by atoms with Gasteiger partial charge in [0.2, 0.25) is 0 Å². The van der Waals surface area contributed by atoms with Crippen molar-refractivity contribution < 1.29 is 4.79 Å². The van der Waals surface area contributed by atoms with E-state index in [9.17, 15) is 4.79 Å². The van der Waals surface area contributed by atoms with Crippen LogP contribution in [0, 0.1) is 13.8 Å². The Labute approximate surface area is 145 Å². The number of anilines is 1. The Morgan fingerprint density at radius 1 is 1.38 bits per heavy atom. The minimum Gasteiger partial charge on any atom is -0.334 e. The highest BCUT2D eigenvalue weighted by Crippen LogP contribution is 2.26. The quantitative estimate of drug-likeness (QED) is 0.785. The number of amides is 2. The topological polar surface area (TPSA) is 63.1 Å². The lowest BCUT2D eigenvalue weighted by Gasteiger charge is -2.24. The van der Waals surface area contributed by atoms with Gasteiger partial charge in [-0.1, -0.05) is 0 Å². The molecule has 2 amide bonds. The molecule has 0 bridgehead atoms. The van der Waals surface area contributed by atoms with Crippen LogP contribution in [-0.4, -0.2) is 32.5 Å². The van der Waals surface area contributed by atoms with Crippen LogP contribution in [0.15, 0.2) is 24.5 Å². The van der Waals surface area contributed by atoms with Crippen LogP contribution in [0.3, 0.4) is 0 Å². The molecule has 0 fully saturated rings. The Morgan fingerprint density at radius 2 is 2.12 bits per heavy atom. The summed E-state index contributed by atoms with van der Waals surface area (Å²) < 4.78 is 1.93. The summed E-state index contributed by atoms with van der Waals surface area (Å²) in [5.41, 5.74) is 3.60. The highest BCUT2D eigenvalue weighted by molar-refractivity contribution is 7.11. The van der Waals surface area contributed by atoms with Gasteiger partial charge < -0.3 is 14.8 Å². The van der Waals surface area contributed by atoms with Gasteiger partial charge in [0.15, 0.2) is 0 Å². The van der Waals surface area contributed by atoms with Crippen molar-refractivity contribution in [2.24, 2.45) is 7.05 Å². The Balaban J connectivity index is 1.77. The number of hydrogen-bond donors (Lipinski definition) is 1. The molecule has 1 unspecified atom stereocenters. The number of imidazole rings is 1. The lowest BCUT2D eigenvalue weighted by molar-refractivity contribution is 0.207. The molecule has 24 heavy (non-hydrogen) atoms. The van der Waals surface area contributed by atoms with Gasteiger partial charge in [0, 0.05) is 24.7 Å². The second-order valence-corrected chi connectivity index (χ2v) is 7.36. The molecule has 3 rings (SSSR count). The summed E-state index contributed by atoms with van der Waals surface area (Å²) in [5, 5.41) is 3.97. The average Bonchev–Trinajstić information content (AvgIpc) is 3.08. The number of nitrogens with zero attached hydrogens (tertiary/aromatic N) is 4. The number of carbonyl (C=O) groups excluding carboxylic acids is 1. The minimum absolute atomic E-state index is 0.0876. The fraction of sp³-hybridized carbons (Fsp3) is 0.353. The van der Waals surface area contributed by atoms with Gasteiger partial charge in [0.1, 0.15) is 0 Å². The first-order chi connectivity index (χ1) is 11.4. The lowest BCUT2D eigenvalue weighted by atomic mass is 10.2. The molecule has 1 N–H and O–H groups in total. The number of fused-ring (bicyclic) bond motifs is 1. The summed E-state index contributed by atoms with van der Waals surface area (Å²) in [5.74, 6) is 0. The molecular formula is C17H21N5OS. The lowest BCUT2D eigenvalue weighted by Crippen LogP contribution is -2.34. The molecule has 1 aromatic carbocycles. The van der Waals surface area contributed by atoms with Crippen molar-refractivity contribution in [3.63, 3.8) is 0 Å². The molecule has 0 saturated carbocycles. The van der Waals surface area contributed by atoms with E-state index in [0.717, 1.165) is 32.3 Å². The Kier molecular flexibility index (Phi) is 4.28. The summed E-state index contributed by atoms with van der Waals surface area (Å²) in [6, 6.07) is 5.45. The molecule has 2 heterocycles. The fourth-order valence-electron chi connectivity index (χ4n) is 2.71. The summed E-state index contributed by atoms with van der Waals surface area (Å²) in [6.45, 7) is 6.01. The van der Waals surface area contributed by atoms with Crippen LogP contribution in [0.2, 0.25) is 0 Å². The van der Waals surface area contributed by atoms with Crippen molar-refractivity contribution in [1.29, 1.82) is 0 Å². The third kappa shape index (κ3) is 2.99. The minimum atomic E-state index is -0.158. The van der Waals surface area contributed by atoms with Crippen molar-refractivity contribution in [3.05, 3.63) is 40.1 Å². The SMILES string of the molecule is Cc1nc(C(C)N(C)C(=O)Nc2ccc3ncn(C)c3c2)c(C)s1. The van der Waals surface area contributed by atoms with Crippen molar-refractivity contribution >= 4 is 34.1 Å². The van der Waals surface area contributed by atoms with E-state index in [1.165, 1.54) is 0 Å². The van der Waals surface area contributed by atoms with E-state index in [-0.39, 0.29) is 12.1 Å². The van der Waals surface area contributed by atoms with Crippen molar-refractivity contribution in [2.45, 2.75) is 26.8 Å². The first-order valence-corrected chi connectivity index (χ1v) is 8.57. The number of aryl methyl sites for hydroxylation is 3. The zero-order valence-electron chi connectivity index (χ0n) is 14.5. The molecule has 0 aliphatic rings. The third-order valence-electron chi connectivity index (χ3n) is 4.21. The highest BCUT2D eigenvalue weighted by Gasteiger charge is 2.21. The van der Waals surface area contributed by atoms with Crippen LogP contribution < -0.4 is 5.32 Å². The molecule has 2 aromatic heterocycles. The highest BCUT2D eigenvalue weighted by atomic mass is 32.1. The Morgan fingerprint density at radius 3 is 2.79 bits per heavy atom. The number of carbonyl (C=O) groups is 1. The van der Waals surface area contributed by atoms with Gasteiger partial charge in [0.05, 0.1) is 34.1 Å². The number of urea groups is 1. The van der Waals surface area contributed by atoms with E-state index in [4.69, 9.17) is 0 Å². The summed E-state index contributed by atoms with van der Waals surface area (Å²) >= 11 is 1.66. The normalized spacial score (nSPS) is 12.4. The number of nitrogens with one attached hydrogen (secondary N) is 1. The first kappa shape index (κ1) is 16.4.